The molecule has 5 N–H and O–H groups in total. The maximum Gasteiger partial charge on any atom is 0.330 e. The van der Waals surface area contributed by atoms with E-state index in [9.17, 15) is 35.1 Å². The van der Waals surface area contributed by atoms with Crippen LogP contribution in [0.2, 0.25) is 0 Å². The molecule has 1 saturated carbocycles. The average Bonchev–Trinajstić information content (AvgIpc) is 3.75. The summed E-state index contributed by atoms with van der Waals surface area (Å²) in [6.45, 7) is -0.697. The van der Waals surface area contributed by atoms with Crippen molar-refractivity contribution in [3.63, 3.8) is 0 Å². The molecular formula is C33H34O13. The first kappa shape index (κ1) is 31.9. The quantitative estimate of drug-likeness (QED) is 0.138. The van der Waals surface area contributed by atoms with Crippen molar-refractivity contribution in [2.24, 2.45) is 11.8 Å². The summed E-state index contributed by atoms with van der Waals surface area (Å²) in [6, 6.07) is 15.3. The Morgan fingerprint density at radius 3 is 2.20 bits per heavy atom. The first-order chi connectivity index (χ1) is 22.2. The lowest BCUT2D eigenvalue weighted by molar-refractivity contribution is -0.344. The van der Waals surface area contributed by atoms with E-state index in [-0.39, 0.29) is 12.4 Å². The molecule has 0 aromatic heterocycles. The topological polar surface area (TPSA) is 194 Å². The Balaban J connectivity index is 1.08. The van der Waals surface area contributed by atoms with Gasteiger partial charge in [-0.3, -0.25) is 0 Å². The smallest absolute Gasteiger partial charge is 0.330 e. The number of benzene rings is 2. The Hall–Kier alpha value is -4.08. The Morgan fingerprint density at radius 1 is 0.804 bits per heavy atom. The third-order valence-electron chi connectivity index (χ3n) is 8.54. The number of ether oxygens (including phenoxy) is 6. The number of esters is 2. The molecule has 13 nitrogen and oxygen atoms in total. The molecule has 46 heavy (non-hydrogen) atoms. The van der Waals surface area contributed by atoms with Crippen LogP contribution >= 0.6 is 0 Å². The summed E-state index contributed by atoms with van der Waals surface area (Å²) in [5, 5.41) is 52.1. The van der Waals surface area contributed by atoms with Crippen LogP contribution in [0.3, 0.4) is 0 Å². The van der Waals surface area contributed by atoms with Crippen molar-refractivity contribution in [2.75, 3.05) is 13.2 Å². The Kier molecular flexibility index (Phi) is 9.25. The number of carbonyl (C=O) groups excluding carboxylic acids is 2. The molecule has 4 aliphatic rings. The molecule has 13 heteroatoms. The number of hydrogen-bond acceptors (Lipinski definition) is 13. The standard InChI is InChI=1S/C33H34O13/c34-20-10-6-19(7-11-20)9-12-23(35)42-16-22-27(38)28(39)29(40)32(44-22)45-31-25-21(14-15-41-31)26(37)30-33(25,46-30)17-43-24(36)13-8-18-4-2-1-3-5-18/h1-15,21-22,25-32,34,37-40H,16-17H2/b12-9+,13-8-/t21-,22-,25-,26+,27-,28+,29-,30+,31+,32+,33-/m1/s1. The first-order valence-electron chi connectivity index (χ1n) is 14.7. The summed E-state index contributed by atoms with van der Waals surface area (Å²) in [5.41, 5.74) is 0.295. The number of rotatable bonds is 10. The second-order valence-electron chi connectivity index (χ2n) is 11.5. The monoisotopic (exact) mass is 638 g/mol. The van der Waals surface area contributed by atoms with Gasteiger partial charge in [-0.05, 0) is 41.5 Å². The highest BCUT2D eigenvalue weighted by Crippen LogP contribution is 2.60. The summed E-state index contributed by atoms with van der Waals surface area (Å²) in [7, 11) is 0. The van der Waals surface area contributed by atoms with Gasteiger partial charge < -0.3 is 54.0 Å². The van der Waals surface area contributed by atoms with Gasteiger partial charge in [-0.15, -0.1) is 0 Å². The minimum absolute atomic E-state index is 0.0741. The van der Waals surface area contributed by atoms with Crippen molar-refractivity contribution < 1.29 is 63.5 Å². The van der Waals surface area contributed by atoms with Crippen LogP contribution in [-0.2, 0) is 38.0 Å². The van der Waals surface area contributed by atoms with Crippen molar-refractivity contribution >= 4 is 24.1 Å². The number of carbonyl (C=O) groups is 2. The van der Waals surface area contributed by atoms with Crippen molar-refractivity contribution in [1.29, 1.82) is 0 Å². The van der Waals surface area contributed by atoms with Gasteiger partial charge >= 0.3 is 11.9 Å². The molecule has 2 saturated heterocycles. The fourth-order valence-electron chi connectivity index (χ4n) is 6.06. The van der Waals surface area contributed by atoms with E-state index in [1.54, 1.807) is 24.3 Å². The van der Waals surface area contributed by atoms with E-state index < -0.39 is 85.2 Å². The molecule has 2 aromatic rings. The fraction of sp³-hybridized carbons (Fsp3) is 0.394. The van der Waals surface area contributed by atoms with Crippen molar-refractivity contribution in [1.82, 2.24) is 0 Å². The molecule has 0 unspecified atom stereocenters. The van der Waals surface area contributed by atoms with E-state index >= 15 is 0 Å². The summed E-state index contributed by atoms with van der Waals surface area (Å²) >= 11 is 0. The van der Waals surface area contributed by atoms with Crippen LogP contribution in [0.15, 0.2) is 79.1 Å². The van der Waals surface area contributed by atoms with Crippen molar-refractivity contribution in [3.05, 3.63) is 90.2 Å². The number of epoxide rings is 1. The summed E-state index contributed by atoms with van der Waals surface area (Å²) in [6.07, 6.45) is -2.23. The SMILES string of the molecule is O=C(/C=C\c1ccccc1)OC[C@]12O[C@H]1[C@@H](O)[C@@H]1C=CO[C@@H](O[C@@H]3O[C@H](COC(=O)/C=C/c4ccc(O)cc4)[C@@H](O)[C@H](O)[C@H]3O)[C@@H]12. The van der Waals surface area contributed by atoms with Gasteiger partial charge in [0, 0.05) is 18.1 Å². The maximum atomic E-state index is 12.5. The molecule has 3 aliphatic heterocycles. The Labute approximate surface area is 263 Å². The van der Waals surface area contributed by atoms with E-state index in [2.05, 4.69) is 0 Å². The molecule has 3 heterocycles. The predicted octanol–water partition coefficient (Wildman–Crippen LogP) is 0.644. The fourth-order valence-corrected chi connectivity index (χ4v) is 6.06. The lowest BCUT2D eigenvalue weighted by Crippen LogP contribution is -2.60. The zero-order chi connectivity index (χ0) is 32.4. The van der Waals surface area contributed by atoms with Crippen LogP contribution < -0.4 is 0 Å². The average molecular weight is 639 g/mol. The highest BCUT2D eigenvalue weighted by molar-refractivity contribution is 5.87. The van der Waals surface area contributed by atoms with Gasteiger partial charge in [0.1, 0.15) is 55.1 Å². The number of phenolic OH excluding ortho intramolecular Hbond substituents is 1. The molecule has 0 bridgehead atoms. The summed E-state index contributed by atoms with van der Waals surface area (Å²) in [5.74, 6) is -2.52. The van der Waals surface area contributed by atoms with Crippen LogP contribution in [-0.4, -0.2) is 105 Å². The summed E-state index contributed by atoms with van der Waals surface area (Å²) < 4.78 is 33.9. The second kappa shape index (κ2) is 13.3. The van der Waals surface area contributed by atoms with Crippen molar-refractivity contribution in [3.8, 4) is 5.75 Å². The molecule has 244 valence electrons. The lowest BCUT2D eigenvalue weighted by Gasteiger charge is -2.43. The number of aliphatic hydroxyl groups is 4. The van der Waals surface area contributed by atoms with E-state index in [4.69, 9.17) is 28.4 Å². The molecular weight excluding hydrogens is 604 g/mol. The van der Waals surface area contributed by atoms with Crippen LogP contribution in [0.4, 0.5) is 0 Å². The maximum absolute atomic E-state index is 12.5. The second-order valence-corrected chi connectivity index (χ2v) is 11.5. The van der Waals surface area contributed by atoms with Crippen molar-refractivity contribution in [2.45, 2.75) is 54.8 Å². The summed E-state index contributed by atoms with van der Waals surface area (Å²) in [4.78, 5) is 24.8. The highest BCUT2D eigenvalue weighted by Gasteiger charge is 2.76. The van der Waals surface area contributed by atoms with Crippen LogP contribution in [0, 0.1) is 11.8 Å². The van der Waals surface area contributed by atoms with Crippen LogP contribution in [0.1, 0.15) is 11.1 Å². The molecule has 2 aromatic carbocycles. The molecule has 1 aliphatic carbocycles. The number of fused-ring (bicyclic) bond motifs is 3. The normalized spacial score (nSPS) is 36.2. The number of hydrogen-bond donors (Lipinski definition) is 5. The molecule has 6 rings (SSSR count). The van der Waals surface area contributed by atoms with E-state index in [0.29, 0.717) is 5.56 Å². The van der Waals surface area contributed by atoms with Crippen LogP contribution in [0.5, 0.6) is 5.75 Å². The first-order valence-corrected chi connectivity index (χ1v) is 14.7. The van der Waals surface area contributed by atoms with Gasteiger partial charge in [0.05, 0.1) is 18.3 Å². The van der Waals surface area contributed by atoms with E-state index in [1.165, 1.54) is 30.5 Å². The number of aromatic hydroxyl groups is 1. The van der Waals surface area contributed by atoms with Crippen LogP contribution in [0.25, 0.3) is 12.2 Å². The Morgan fingerprint density at radius 2 is 1.48 bits per heavy atom. The largest absolute Gasteiger partial charge is 0.508 e. The number of phenols is 1. The van der Waals surface area contributed by atoms with Gasteiger partial charge in [0.2, 0.25) is 6.29 Å². The zero-order valence-electron chi connectivity index (χ0n) is 24.4. The molecule has 3 fully saturated rings. The number of aliphatic hydroxyl groups excluding tert-OH is 4. The van der Waals surface area contributed by atoms with Gasteiger partial charge in [-0.1, -0.05) is 42.5 Å². The molecule has 11 atom stereocenters. The van der Waals surface area contributed by atoms with E-state index in [0.717, 1.165) is 11.6 Å². The lowest BCUT2D eigenvalue weighted by atomic mass is 9.85. The van der Waals surface area contributed by atoms with E-state index in [1.807, 2.05) is 30.3 Å². The molecule has 0 radical (unpaired) electrons. The third kappa shape index (κ3) is 6.57. The minimum Gasteiger partial charge on any atom is -0.508 e. The molecule has 0 spiro atoms. The van der Waals surface area contributed by atoms with Gasteiger partial charge in [0.15, 0.2) is 6.29 Å². The zero-order valence-corrected chi connectivity index (χ0v) is 24.4. The van der Waals surface area contributed by atoms with Gasteiger partial charge in [0.25, 0.3) is 0 Å². The highest BCUT2D eigenvalue weighted by atomic mass is 16.8. The van der Waals surface area contributed by atoms with Gasteiger partial charge in [-0.2, -0.15) is 0 Å². The predicted molar refractivity (Wildman–Crippen MR) is 157 cm³/mol. The molecule has 0 amide bonds. The third-order valence-corrected chi connectivity index (χ3v) is 8.54. The minimum atomic E-state index is -1.73. The Bertz CT molecular complexity index is 1470. The van der Waals surface area contributed by atoms with Gasteiger partial charge in [-0.25, -0.2) is 9.59 Å².